The van der Waals surface area contributed by atoms with Crippen molar-refractivity contribution < 1.29 is 9.47 Å². The molecule has 7 heteroatoms. The molecular formula is C19H33N5O2. The minimum atomic E-state index is 0.282. The van der Waals surface area contributed by atoms with Gasteiger partial charge in [-0.25, -0.2) is 4.98 Å². The number of aromatic nitrogens is 1. The summed E-state index contributed by atoms with van der Waals surface area (Å²) >= 11 is 0. The van der Waals surface area contributed by atoms with Crippen molar-refractivity contribution in [1.29, 1.82) is 0 Å². The quantitative estimate of drug-likeness (QED) is 0.300. The molecule has 1 aliphatic rings. The molecule has 26 heavy (non-hydrogen) atoms. The Labute approximate surface area is 157 Å². The summed E-state index contributed by atoms with van der Waals surface area (Å²) < 4.78 is 11.1. The predicted molar refractivity (Wildman–Crippen MR) is 106 cm³/mol. The number of nitrogens with one attached hydrogen (secondary N) is 3. The number of pyridine rings is 1. The lowest BCUT2D eigenvalue weighted by molar-refractivity contribution is 0.0424. The van der Waals surface area contributed by atoms with Crippen LogP contribution in [0.2, 0.25) is 0 Å². The zero-order chi connectivity index (χ0) is 18.3. The highest BCUT2D eigenvalue weighted by Gasteiger charge is 2.15. The number of nitrogens with zero attached hydrogens (tertiary/aromatic N) is 2. The molecule has 3 N–H and O–H groups in total. The molecule has 1 aromatic rings. The molecule has 0 saturated carbocycles. The fraction of sp³-hybridized carbons (Fsp3) is 0.684. The van der Waals surface area contributed by atoms with E-state index in [1.165, 1.54) is 0 Å². The van der Waals surface area contributed by atoms with Crippen molar-refractivity contribution >= 4 is 11.8 Å². The fourth-order valence-electron chi connectivity index (χ4n) is 2.63. The zero-order valence-electron chi connectivity index (χ0n) is 15.9. The van der Waals surface area contributed by atoms with Gasteiger partial charge in [-0.05, 0) is 44.7 Å². The van der Waals surface area contributed by atoms with Crippen molar-refractivity contribution in [3.63, 3.8) is 0 Å². The average molecular weight is 364 g/mol. The maximum absolute atomic E-state index is 5.76. The van der Waals surface area contributed by atoms with E-state index in [0.29, 0.717) is 0 Å². The summed E-state index contributed by atoms with van der Waals surface area (Å²) in [6, 6.07) is 5.90. The Morgan fingerprint density at radius 1 is 1.27 bits per heavy atom. The van der Waals surface area contributed by atoms with Gasteiger partial charge in [0, 0.05) is 45.6 Å². The van der Waals surface area contributed by atoms with Gasteiger partial charge in [-0.1, -0.05) is 6.07 Å². The van der Waals surface area contributed by atoms with Crippen molar-refractivity contribution in [2.75, 3.05) is 51.3 Å². The van der Waals surface area contributed by atoms with Crippen LogP contribution in [0.25, 0.3) is 0 Å². The molecule has 146 valence electrons. The summed E-state index contributed by atoms with van der Waals surface area (Å²) in [4.78, 5) is 8.85. The number of hydrogen-bond donors (Lipinski definition) is 3. The Kier molecular flexibility index (Phi) is 10.5. The molecule has 0 aliphatic carbocycles. The molecule has 1 atom stereocenters. The third kappa shape index (κ3) is 9.01. The van der Waals surface area contributed by atoms with Crippen LogP contribution >= 0.6 is 0 Å². The van der Waals surface area contributed by atoms with Gasteiger partial charge >= 0.3 is 0 Å². The van der Waals surface area contributed by atoms with Gasteiger partial charge < -0.3 is 25.4 Å². The highest BCUT2D eigenvalue weighted by atomic mass is 16.5. The van der Waals surface area contributed by atoms with E-state index in [2.05, 4.69) is 32.9 Å². The summed E-state index contributed by atoms with van der Waals surface area (Å²) in [5.74, 6) is 1.82. The Balaban J connectivity index is 1.50. The van der Waals surface area contributed by atoms with Crippen molar-refractivity contribution in [3.05, 3.63) is 24.4 Å². The Morgan fingerprint density at radius 2 is 2.19 bits per heavy atom. The number of guanidine groups is 1. The summed E-state index contributed by atoms with van der Waals surface area (Å²) in [7, 11) is 0. The van der Waals surface area contributed by atoms with Gasteiger partial charge in [-0.15, -0.1) is 0 Å². The number of unbranched alkanes of at least 4 members (excludes halogenated alkanes) is 1. The largest absolute Gasteiger partial charge is 0.379 e. The first kappa shape index (κ1) is 20.5. The summed E-state index contributed by atoms with van der Waals surface area (Å²) in [6.45, 7) is 7.86. The molecule has 2 heterocycles. The molecule has 1 aromatic heterocycles. The molecule has 2 rings (SSSR count). The minimum absolute atomic E-state index is 0.282. The number of anilines is 1. The summed E-state index contributed by atoms with van der Waals surface area (Å²) in [5, 5.41) is 9.99. The maximum atomic E-state index is 5.76. The second kappa shape index (κ2) is 13.4. The van der Waals surface area contributed by atoms with Gasteiger partial charge in [-0.2, -0.15) is 0 Å². The van der Waals surface area contributed by atoms with Gasteiger partial charge in [-0.3, -0.25) is 4.99 Å². The SMILES string of the molecule is CCNC(=NCCCOC1CCOC1)NCCCCNc1ccccn1. The molecular weight excluding hydrogens is 330 g/mol. The van der Waals surface area contributed by atoms with Gasteiger partial charge in [0.25, 0.3) is 0 Å². The monoisotopic (exact) mass is 363 g/mol. The fourth-order valence-corrected chi connectivity index (χ4v) is 2.63. The van der Waals surface area contributed by atoms with Crippen LogP contribution in [0.4, 0.5) is 5.82 Å². The van der Waals surface area contributed by atoms with E-state index in [9.17, 15) is 0 Å². The van der Waals surface area contributed by atoms with Crippen molar-refractivity contribution in [2.24, 2.45) is 4.99 Å². The molecule has 0 bridgehead atoms. The lowest BCUT2D eigenvalue weighted by Gasteiger charge is -2.12. The first-order valence-corrected chi connectivity index (χ1v) is 9.75. The lowest BCUT2D eigenvalue weighted by Crippen LogP contribution is -2.38. The summed E-state index contributed by atoms with van der Waals surface area (Å²) in [6.07, 6.45) is 6.19. The first-order valence-electron chi connectivity index (χ1n) is 9.75. The normalized spacial score (nSPS) is 17.3. The van der Waals surface area contributed by atoms with Crippen LogP contribution in [0.1, 0.15) is 32.6 Å². The average Bonchev–Trinajstić information content (AvgIpc) is 3.18. The smallest absolute Gasteiger partial charge is 0.191 e. The molecule has 0 amide bonds. The van der Waals surface area contributed by atoms with Crippen LogP contribution in [0.15, 0.2) is 29.4 Å². The van der Waals surface area contributed by atoms with Crippen molar-refractivity contribution in [2.45, 2.75) is 38.7 Å². The van der Waals surface area contributed by atoms with Crippen LogP contribution in [-0.4, -0.2) is 63.0 Å². The Morgan fingerprint density at radius 3 is 2.96 bits per heavy atom. The van der Waals surface area contributed by atoms with E-state index in [1.54, 1.807) is 6.20 Å². The Hall–Kier alpha value is -1.86. The van der Waals surface area contributed by atoms with Crippen LogP contribution < -0.4 is 16.0 Å². The predicted octanol–water partition coefficient (Wildman–Crippen LogP) is 2.02. The van der Waals surface area contributed by atoms with Gasteiger partial charge in [0.15, 0.2) is 5.96 Å². The van der Waals surface area contributed by atoms with Crippen LogP contribution in [0, 0.1) is 0 Å². The highest BCUT2D eigenvalue weighted by molar-refractivity contribution is 5.79. The van der Waals surface area contributed by atoms with Crippen LogP contribution in [0.5, 0.6) is 0 Å². The van der Waals surface area contributed by atoms with E-state index in [4.69, 9.17) is 9.47 Å². The standard InChI is InChI=1S/C19H33N5O2/c1-2-20-19(24-13-7-14-26-17-9-15-25-16-17)23-12-6-5-11-22-18-8-3-4-10-21-18/h3-4,8,10,17H,2,5-7,9,11-16H2,1H3,(H,21,22)(H2,20,23,24). The molecule has 0 radical (unpaired) electrons. The highest BCUT2D eigenvalue weighted by Crippen LogP contribution is 2.08. The molecule has 0 aromatic carbocycles. The van der Waals surface area contributed by atoms with Gasteiger partial charge in [0.1, 0.15) is 5.82 Å². The maximum Gasteiger partial charge on any atom is 0.191 e. The van der Waals surface area contributed by atoms with Crippen LogP contribution in [0.3, 0.4) is 0 Å². The lowest BCUT2D eigenvalue weighted by atomic mass is 10.3. The van der Waals surface area contributed by atoms with Gasteiger partial charge in [0.2, 0.25) is 0 Å². The third-order valence-electron chi connectivity index (χ3n) is 4.03. The van der Waals surface area contributed by atoms with Crippen molar-refractivity contribution in [1.82, 2.24) is 15.6 Å². The number of hydrogen-bond acceptors (Lipinski definition) is 5. The number of ether oxygens (including phenoxy) is 2. The second-order valence-electron chi connectivity index (χ2n) is 6.25. The minimum Gasteiger partial charge on any atom is -0.379 e. The molecule has 1 aliphatic heterocycles. The van der Waals surface area contributed by atoms with E-state index in [0.717, 1.165) is 83.5 Å². The summed E-state index contributed by atoms with van der Waals surface area (Å²) in [5.41, 5.74) is 0. The van der Waals surface area contributed by atoms with E-state index in [-0.39, 0.29) is 6.10 Å². The number of rotatable bonds is 12. The molecule has 7 nitrogen and oxygen atoms in total. The number of aliphatic imine (C=N–C) groups is 1. The topological polar surface area (TPSA) is 79.8 Å². The molecule has 1 saturated heterocycles. The van der Waals surface area contributed by atoms with E-state index < -0.39 is 0 Å². The first-order chi connectivity index (χ1) is 12.9. The molecule has 1 unspecified atom stereocenters. The second-order valence-corrected chi connectivity index (χ2v) is 6.25. The van der Waals surface area contributed by atoms with Gasteiger partial charge in [0.05, 0.1) is 12.7 Å². The zero-order valence-corrected chi connectivity index (χ0v) is 15.9. The Bertz CT molecular complexity index is 492. The van der Waals surface area contributed by atoms with Crippen molar-refractivity contribution in [3.8, 4) is 0 Å². The van der Waals surface area contributed by atoms with Crippen LogP contribution in [-0.2, 0) is 9.47 Å². The molecule has 0 spiro atoms. The third-order valence-corrected chi connectivity index (χ3v) is 4.03. The van der Waals surface area contributed by atoms with E-state index in [1.807, 2.05) is 18.2 Å². The molecule has 1 fully saturated rings. The van der Waals surface area contributed by atoms with E-state index >= 15 is 0 Å².